The average molecular weight is 294 g/mol. The summed E-state index contributed by atoms with van der Waals surface area (Å²) >= 11 is 1.27. The van der Waals surface area contributed by atoms with E-state index < -0.39 is 23.7 Å². The number of carbonyl (C=O) groups is 1. The number of rotatable bonds is 3. The van der Waals surface area contributed by atoms with Crippen molar-refractivity contribution in [3.8, 4) is 0 Å². The van der Waals surface area contributed by atoms with Gasteiger partial charge in [0.15, 0.2) is 6.10 Å². The van der Waals surface area contributed by atoms with E-state index in [0.717, 1.165) is 10.2 Å². The number of aromatic nitrogens is 1. The number of hydrogen-bond acceptors (Lipinski definition) is 5. The van der Waals surface area contributed by atoms with E-state index >= 15 is 0 Å². The second-order valence-electron chi connectivity index (χ2n) is 5.65. The van der Waals surface area contributed by atoms with E-state index in [4.69, 9.17) is 0 Å². The van der Waals surface area contributed by atoms with Crippen molar-refractivity contribution in [2.75, 3.05) is 0 Å². The lowest BCUT2D eigenvalue weighted by atomic mass is 10.1. The van der Waals surface area contributed by atoms with Crippen molar-refractivity contribution >= 4 is 27.5 Å². The van der Waals surface area contributed by atoms with E-state index in [9.17, 15) is 15.0 Å². The first-order valence-corrected chi connectivity index (χ1v) is 7.13. The Labute approximate surface area is 121 Å². The molecule has 2 aromatic rings. The van der Waals surface area contributed by atoms with Crippen molar-refractivity contribution in [3.63, 3.8) is 0 Å². The standard InChI is InChI=1S/C14H18N2O3S/c1-14(2,3)16-12(19)10(17)11(18)13-15-8-6-4-5-7-9(8)20-13/h4-7,10-11,17-18H,1-3H3,(H,16,19). The molecule has 1 heterocycles. The third-order valence-corrected chi connectivity index (χ3v) is 3.74. The molecule has 0 aliphatic rings. The minimum Gasteiger partial charge on any atom is -0.383 e. The molecule has 3 N–H and O–H groups in total. The molecular weight excluding hydrogens is 276 g/mol. The zero-order valence-electron chi connectivity index (χ0n) is 11.6. The molecule has 20 heavy (non-hydrogen) atoms. The lowest BCUT2D eigenvalue weighted by molar-refractivity contribution is -0.136. The van der Waals surface area contributed by atoms with Gasteiger partial charge in [-0.2, -0.15) is 0 Å². The minimum atomic E-state index is -1.53. The highest BCUT2D eigenvalue weighted by atomic mass is 32.1. The summed E-state index contributed by atoms with van der Waals surface area (Å²) in [7, 11) is 0. The van der Waals surface area contributed by atoms with Crippen molar-refractivity contribution in [3.05, 3.63) is 29.3 Å². The fourth-order valence-electron chi connectivity index (χ4n) is 1.74. The second-order valence-corrected chi connectivity index (χ2v) is 6.71. The van der Waals surface area contributed by atoms with E-state index in [2.05, 4.69) is 10.3 Å². The van der Waals surface area contributed by atoms with E-state index in [1.807, 2.05) is 45.0 Å². The Kier molecular flexibility index (Phi) is 4.08. The molecule has 1 aromatic heterocycles. The quantitative estimate of drug-likeness (QED) is 0.803. The summed E-state index contributed by atoms with van der Waals surface area (Å²) in [6, 6.07) is 7.43. The van der Waals surface area contributed by atoms with Crippen molar-refractivity contribution in [2.45, 2.75) is 38.5 Å². The predicted octanol–water partition coefficient (Wildman–Crippen LogP) is 1.61. The van der Waals surface area contributed by atoms with Gasteiger partial charge in [-0.05, 0) is 32.9 Å². The molecule has 0 spiro atoms. The Bertz CT molecular complexity index is 585. The number of benzene rings is 1. The van der Waals surface area contributed by atoms with Gasteiger partial charge in [0.05, 0.1) is 10.2 Å². The SMILES string of the molecule is CC(C)(C)NC(=O)C(O)C(O)c1nc2ccccc2s1. The molecule has 0 saturated heterocycles. The van der Waals surface area contributed by atoms with Gasteiger partial charge >= 0.3 is 0 Å². The molecule has 5 nitrogen and oxygen atoms in total. The third-order valence-electron chi connectivity index (χ3n) is 2.63. The molecule has 0 radical (unpaired) electrons. The van der Waals surface area contributed by atoms with Crippen LogP contribution in [-0.2, 0) is 4.79 Å². The molecule has 108 valence electrons. The van der Waals surface area contributed by atoms with Gasteiger partial charge in [0.25, 0.3) is 5.91 Å². The number of carbonyl (C=O) groups excluding carboxylic acids is 1. The summed E-state index contributed by atoms with van der Waals surface area (Å²) in [5.74, 6) is -0.607. The number of aliphatic hydroxyl groups is 2. The van der Waals surface area contributed by atoms with Crippen LogP contribution in [0, 0.1) is 0 Å². The Morgan fingerprint density at radius 3 is 2.55 bits per heavy atom. The number of nitrogens with zero attached hydrogens (tertiary/aromatic N) is 1. The Morgan fingerprint density at radius 1 is 1.30 bits per heavy atom. The van der Waals surface area contributed by atoms with Crippen LogP contribution < -0.4 is 5.32 Å². The maximum absolute atomic E-state index is 11.8. The van der Waals surface area contributed by atoms with Crippen molar-refractivity contribution in [1.82, 2.24) is 10.3 Å². The zero-order chi connectivity index (χ0) is 14.9. The Morgan fingerprint density at radius 2 is 1.95 bits per heavy atom. The average Bonchev–Trinajstić information content (AvgIpc) is 2.78. The first kappa shape index (κ1) is 14.9. The molecule has 2 unspecified atom stereocenters. The number of hydrogen-bond donors (Lipinski definition) is 3. The summed E-state index contributed by atoms with van der Waals surface area (Å²) in [5.41, 5.74) is 0.278. The number of para-hydroxylation sites is 1. The van der Waals surface area contributed by atoms with Crippen LogP contribution in [0.4, 0.5) is 0 Å². The third kappa shape index (κ3) is 3.33. The van der Waals surface area contributed by atoms with Crippen LogP contribution in [0.2, 0.25) is 0 Å². The summed E-state index contributed by atoms with van der Waals surface area (Å²) in [6.07, 6.45) is -2.86. The van der Waals surface area contributed by atoms with Gasteiger partial charge in [-0.25, -0.2) is 4.98 Å². The van der Waals surface area contributed by atoms with Crippen LogP contribution in [0.15, 0.2) is 24.3 Å². The topological polar surface area (TPSA) is 82.5 Å². The van der Waals surface area contributed by atoms with E-state index in [-0.39, 0.29) is 0 Å². The summed E-state index contributed by atoms with van der Waals surface area (Å²) < 4.78 is 0.907. The Hall–Kier alpha value is -1.50. The molecular formula is C14H18N2O3S. The second kappa shape index (κ2) is 5.47. The Balaban J connectivity index is 2.17. The lowest BCUT2D eigenvalue weighted by Crippen LogP contribution is -2.47. The predicted molar refractivity (Wildman–Crippen MR) is 78.5 cm³/mol. The van der Waals surface area contributed by atoms with E-state index in [1.54, 1.807) is 0 Å². The fourth-order valence-corrected chi connectivity index (χ4v) is 2.72. The van der Waals surface area contributed by atoms with Crippen LogP contribution in [0.5, 0.6) is 0 Å². The molecule has 0 saturated carbocycles. The molecule has 0 aliphatic heterocycles. The number of fused-ring (bicyclic) bond motifs is 1. The van der Waals surface area contributed by atoms with Crippen molar-refractivity contribution in [2.24, 2.45) is 0 Å². The van der Waals surface area contributed by atoms with Gasteiger partial charge < -0.3 is 15.5 Å². The molecule has 2 atom stereocenters. The first-order chi connectivity index (χ1) is 9.28. The smallest absolute Gasteiger partial charge is 0.252 e. The highest BCUT2D eigenvalue weighted by Crippen LogP contribution is 2.28. The van der Waals surface area contributed by atoms with Crippen LogP contribution >= 0.6 is 11.3 Å². The highest BCUT2D eigenvalue weighted by molar-refractivity contribution is 7.18. The van der Waals surface area contributed by atoms with Gasteiger partial charge in [-0.3, -0.25) is 4.79 Å². The summed E-state index contributed by atoms with van der Waals surface area (Å²) in [5, 5.41) is 23.0. The molecule has 6 heteroatoms. The van der Waals surface area contributed by atoms with Gasteiger partial charge in [0.1, 0.15) is 11.1 Å². The molecule has 0 bridgehead atoms. The minimum absolute atomic E-state index is 0.336. The van der Waals surface area contributed by atoms with Gasteiger partial charge in [0.2, 0.25) is 0 Å². The van der Waals surface area contributed by atoms with Crippen molar-refractivity contribution < 1.29 is 15.0 Å². The molecule has 2 rings (SSSR count). The fraction of sp³-hybridized carbons (Fsp3) is 0.429. The normalized spacial score (nSPS) is 15.1. The van der Waals surface area contributed by atoms with Crippen LogP contribution in [0.1, 0.15) is 31.9 Å². The monoisotopic (exact) mass is 294 g/mol. The van der Waals surface area contributed by atoms with Crippen molar-refractivity contribution in [1.29, 1.82) is 0 Å². The van der Waals surface area contributed by atoms with Gasteiger partial charge in [-0.1, -0.05) is 12.1 Å². The number of amides is 1. The van der Waals surface area contributed by atoms with Gasteiger partial charge in [0, 0.05) is 5.54 Å². The summed E-state index contributed by atoms with van der Waals surface area (Å²) in [6.45, 7) is 5.42. The van der Waals surface area contributed by atoms with Crippen LogP contribution in [0.3, 0.4) is 0 Å². The lowest BCUT2D eigenvalue weighted by Gasteiger charge is -2.24. The molecule has 1 amide bonds. The number of aliphatic hydroxyl groups excluding tert-OH is 2. The highest BCUT2D eigenvalue weighted by Gasteiger charge is 2.30. The first-order valence-electron chi connectivity index (χ1n) is 6.31. The molecule has 0 fully saturated rings. The molecule has 1 aromatic carbocycles. The van der Waals surface area contributed by atoms with Crippen LogP contribution in [-0.4, -0.2) is 32.7 Å². The molecule has 0 aliphatic carbocycles. The van der Waals surface area contributed by atoms with Crippen LogP contribution in [0.25, 0.3) is 10.2 Å². The van der Waals surface area contributed by atoms with Gasteiger partial charge in [-0.15, -0.1) is 11.3 Å². The number of thiazole rings is 1. The summed E-state index contributed by atoms with van der Waals surface area (Å²) in [4.78, 5) is 16.1. The maximum atomic E-state index is 11.8. The van der Waals surface area contributed by atoms with E-state index in [1.165, 1.54) is 11.3 Å². The number of nitrogens with one attached hydrogen (secondary N) is 1. The largest absolute Gasteiger partial charge is 0.383 e. The zero-order valence-corrected chi connectivity index (χ0v) is 12.4. The maximum Gasteiger partial charge on any atom is 0.252 e. The van der Waals surface area contributed by atoms with E-state index in [0.29, 0.717) is 5.01 Å².